The van der Waals surface area contributed by atoms with Gasteiger partial charge in [0, 0.05) is 0 Å². The van der Waals surface area contributed by atoms with E-state index < -0.39 is 33.4 Å². The summed E-state index contributed by atoms with van der Waals surface area (Å²) in [4.78, 5) is 0.0716. The molecule has 1 aliphatic carbocycles. The smallest absolute Gasteiger partial charge is 0.187 e. The fourth-order valence-corrected chi connectivity index (χ4v) is 3.58. The highest BCUT2D eigenvalue weighted by Gasteiger charge is 2.40. The zero-order chi connectivity index (χ0) is 13.3. The van der Waals surface area contributed by atoms with Crippen molar-refractivity contribution in [3.63, 3.8) is 0 Å². The molecule has 1 aromatic carbocycles. The van der Waals surface area contributed by atoms with E-state index in [4.69, 9.17) is 0 Å². The Kier molecular flexibility index (Phi) is 3.54. The third kappa shape index (κ3) is 2.20. The second-order valence-electron chi connectivity index (χ2n) is 4.18. The summed E-state index contributed by atoms with van der Waals surface area (Å²) in [7, 11) is -3.78. The molecule has 0 radical (unpaired) electrons. The summed E-state index contributed by atoms with van der Waals surface area (Å²) in [6.45, 7) is 0. The fourth-order valence-electron chi connectivity index (χ4n) is 1.90. The van der Waals surface area contributed by atoms with Crippen LogP contribution in [0.4, 0.5) is 0 Å². The number of sulfone groups is 1. The zero-order valence-electron chi connectivity index (χ0n) is 9.42. The largest absolute Gasteiger partial charge is 0.389 e. The molecule has 3 N–H and O–H groups in total. The zero-order valence-corrected chi connectivity index (χ0v) is 10.2. The molecule has 1 aromatic rings. The SMILES string of the molecule is O=S(=O)(c1ccccc1)[C@H]1C=C[C@@H](O)[C@@H](O)[C@@H]1O. The molecule has 0 saturated carbocycles. The minimum Gasteiger partial charge on any atom is -0.389 e. The Morgan fingerprint density at radius 2 is 1.50 bits per heavy atom. The Bertz CT molecular complexity index is 537. The quantitative estimate of drug-likeness (QED) is 0.629. The molecule has 2 rings (SSSR count). The number of aliphatic hydroxyl groups is 3. The van der Waals surface area contributed by atoms with Crippen molar-refractivity contribution in [2.75, 3.05) is 0 Å². The second-order valence-corrected chi connectivity index (χ2v) is 6.29. The van der Waals surface area contributed by atoms with Gasteiger partial charge in [-0.25, -0.2) is 8.42 Å². The van der Waals surface area contributed by atoms with E-state index in [1.54, 1.807) is 18.2 Å². The number of hydrogen-bond acceptors (Lipinski definition) is 5. The molecule has 1 aliphatic rings. The maximum atomic E-state index is 12.2. The third-order valence-electron chi connectivity index (χ3n) is 2.96. The van der Waals surface area contributed by atoms with E-state index in [0.29, 0.717) is 0 Å². The van der Waals surface area contributed by atoms with Gasteiger partial charge in [-0.2, -0.15) is 0 Å². The first kappa shape index (κ1) is 13.2. The summed E-state index contributed by atoms with van der Waals surface area (Å²) >= 11 is 0. The highest BCUT2D eigenvalue weighted by molar-refractivity contribution is 7.92. The summed E-state index contributed by atoms with van der Waals surface area (Å²) in [5.74, 6) is 0. The van der Waals surface area contributed by atoms with E-state index in [9.17, 15) is 23.7 Å². The van der Waals surface area contributed by atoms with Crippen molar-refractivity contribution in [1.29, 1.82) is 0 Å². The molecule has 4 atom stereocenters. The fraction of sp³-hybridized carbons (Fsp3) is 0.333. The molecule has 18 heavy (non-hydrogen) atoms. The predicted octanol–water partition coefficient (Wildman–Crippen LogP) is -0.519. The van der Waals surface area contributed by atoms with E-state index in [-0.39, 0.29) is 4.90 Å². The lowest BCUT2D eigenvalue weighted by atomic mass is 9.98. The Morgan fingerprint density at radius 1 is 0.889 bits per heavy atom. The van der Waals surface area contributed by atoms with Crippen molar-refractivity contribution in [2.24, 2.45) is 0 Å². The van der Waals surface area contributed by atoms with E-state index >= 15 is 0 Å². The molecule has 0 saturated heterocycles. The Morgan fingerprint density at radius 3 is 2.11 bits per heavy atom. The van der Waals surface area contributed by atoms with Gasteiger partial charge in [0.2, 0.25) is 0 Å². The average molecular weight is 270 g/mol. The van der Waals surface area contributed by atoms with Gasteiger partial charge in [0.1, 0.15) is 23.6 Å². The van der Waals surface area contributed by atoms with Crippen molar-refractivity contribution in [3.8, 4) is 0 Å². The van der Waals surface area contributed by atoms with E-state index in [2.05, 4.69) is 0 Å². The Balaban J connectivity index is 2.40. The van der Waals surface area contributed by atoms with Crippen LogP contribution in [-0.2, 0) is 9.84 Å². The molecule has 0 aliphatic heterocycles. The topological polar surface area (TPSA) is 94.8 Å². The van der Waals surface area contributed by atoms with Crippen molar-refractivity contribution < 1.29 is 23.7 Å². The Hall–Kier alpha value is -1.21. The van der Waals surface area contributed by atoms with Crippen molar-refractivity contribution in [1.82, 2.24) is 0 Å². The van der Waals surface area contributed by atoms with E-state index in [0.717, 1.165) is 0 Å². The molecule has 0 aromatic heterocycles. The van der Waals surface area contributed by atoms with E-state index in [1.165, 1.54) is 24.3 Å². The standard InChI is InChI=1S/C12H14O5S/c13-9-6-7-10(12(15)11(9)14)18(16,17)8-4-2-1-3-5-8/h1-7,9-15H/t9-,10+,11-,12-/m1/s1. The van der Waals surface area contributed by atoms with Crippen LogP contribution >= 0.6 is 0 Å². The van der Waals surface area contributed by atoms with Crippen LogP contribution in [0.3, 0.4) is 0 Å². The van der Waals surface area contributed by atoms with Crippen LogP contribution in [0.15, 0.2) is 47.4 Å². The van der Waals surface area contributed by atoms with Gasteiger partial charge in [-0.15, -0.1) is 0 Å². The molecule has 98 valence electrons. The Labute approximate surface area is 105 Å². The lowest BCUT2D eigenvalue weighted by Gasteiger charge is -2.30. The highest BCUT2D eigenvalue weighted by atomic mass is 32.2. The van der Waals surface area contributed by atoms with E-state index in [1.807, 2.05) is 0 Å². The molecule has 5 nitrogen and oxygen atoms in total. The first-order valence-corrected chi connectivity index (χ1v) is 7.00. The van der Waals surface area contributed by atoms with Crippen LogP contribution < -0.4 is 0 Å². The minimum absolute atomic E-state index is 0.0716. The normalized spacial score (nSPS) is 32.4. The molecule has 0 fully saturated rings. The maximum absolute atomic E-state index is 12.2. The maximum Gasteiger partial charge on any atom is 0.187 e. The lowest BCUT2D eigenvalue weighted by Crippen LogP contribution is -2.49. The molecular weight excluding hydrogens is 256 g/mol. The van der Waals surface area contributed by atoms with Crippen molar-refractivity contribution in [2.45, 2.75) is 28.5 Å². The minimum atomic E-state index is -3.78. The average Bonchev–Trinajstić information content (AvgIpc) is 2.37. The molecule has 6 heteroatoms. The molecule has 0 amide bonds. The van der Waals surface area contributed by atoms with Gasteiger partial charge in [-0.1, -0.05) is 30.4 Å². The second kappa shape index (κ2) is 4.81. The summed E-state index contributed by atoms with van der Waals surface area (Å²) in [5, 5.41) is 27.3. The highest BCUT2D eigenvalue weighted by Crippen LogP contribution is 2.25. The van der Waals surface area contributed by atoms with Gasteiger partial charge >= 0.3 is 0 Å². The first-order chi connectivity index (χ1) is 8.44. The van der Waals surface area contributed by atoms with Gasteiger partial charge in [0.25, 0.3) is 0 Å². The molecule has 0 bridgehead atoms. The van der Waals surface area contributed by atoms with Gasteiger partial charge in [0.05, 0.1) is 4.90 Å². The van der Waals surface area contributed by atoms with Crippen LogP contribution in [0.5, 0.6) is 0 Å². The third-order valence-corrected chi connectivity index (χ3v) is 5.05. The first-order valence-electron chi connectivity index (χ1n) is 5.46. The van der Waals surface area contributed by atoms with Crippen LogP contribution in [0.1, 0.15) is 0 Å². The van der Waals surface area contributed by atoms with Crippen molar-refractivity contribution >= 4 is 9.84 Å². The van der Waals surface area contributed by atoms with Crippen LogP contribution in [0.2, 0.25) is 0 Å². The lowest BCUT2D eigenvalue weighted by molar-refractivity contribution is -0.0438. The van der Waals surface area contributed by atoms with Gasteiger partial charge < -0.3 is 15.3 Å². The van der Waals surface area contributed by atoms with Gasteiger partial charge in [0.15, 0.2) is 9.84 Å². The summed E-state index contributed by atoms with van der Waals surface area (Å²) < 4.78 is 24.5. The van der Waals surface area contributed by atoms with Gasteiger partial charge in [-0.3, -0.25) is 0 Å². The summed E-state index contributed by atoms with van der Waals surface area (Å²) in [6.07, 6.45) is -1.90. The number of aliphatic hydroxyl groups excluding tert-OH is 3. The van der Waals surface area contributed by atoms with Gasteiger partial charge in [-0.05, 0) is 12.1 Å². The molecule has 0 unspecified atom stereocenters. The monoisotopic (exact) mass is 270 g/mol. The van der Waals surface area contributed by atoms with Crippen molar-refractivity contribution in [3.05, 3.63) is 42.5 Å². The number of hydrogen-bond donors (Lipinski definition) is 3. The summed E-state index contributed by atoms with van der Waals surface area (Å²) in [6, 6.07) is 7.69. The van der Waals surface area contributed by atoms with Crippen LogP contribution in [-0.4, -0.2) is 47.3 Å². The molecule has 0 spiro atoms. The molecule has 0 heterocycles. The summed E-state index contributed by atoms with van der Waals surface area (Å²) in [5.41, 5.74) is 0. The predicted molar refractivity (Wildman–Crippen MR) is 64.6 cm³/mol. The number of benzene rings is 1. The van der Waals surface area contributed by atoms with Crippen LogP contribution in [0.25, 0.3) is 0 Å². The number of rotatable bonds is 2. The van der Waals surface area contributed by atoms with Crippen LogP contribution in [0, 0.1) is 0 Å². The molecular formula is C12H14O5S.